The number of pyridine rings is 2. The fourth-order valence-electron chi connectivity index (χ4n) is 4.32. The van der Waals surface area contributed by atoms with Gasteiger partial charge in [-0.3, -0.25) is 9.97 Å². The lowest BCUT2D eigenvalue weighted by Gasteiger charge is -2.17. The Morgan fingerprint density at radius 2 is 1.95 bits per heavy atom. The molecule has 0 aliphatic heterocycles. The summed E-state index contributed by atoms with van der Waals surface area (Å²) in [5, 5.41) is 17.8. The van der Waals surface area contributed by atoms with Gasteiger partial charge in [0.15, 0.2) is 11.5 Å². The van der Waals surface area contributed by atoms with Gasteiger partial charge < -0.3 is 25.1 Å². The van der Waals surface area contributed by atoms with Gasteiger partial charge in [0.1, 0.15) is 12.7 Å². The minimum atomic E-state index is 0.152. The van der Waals surface area contributed by atoms with E-state index in [0.717, 1.165) is 33.3 Å². The van der Waals surface area contributed by atoms with Crippen molar-refractivity contribution in [1.82, 2.24) is 20.3 Å². The van der Waals surface area contributed by atoms with Crippen molar-refractivity contribution in [1.29, 1.82) is 5.26 Å². The molecule has 0 amide bonds. The maximum atomic E-state index is 9.82. The van der Waals surface area contributed by atoms with Crippen molar-refractivity contribution in [2.75, 3.05) is 25.6 Å². The highest BCUT2D eigenvalue weighted by Crippen LogP contribution is 2.37. The van der Waals surface area contributed by atoms with E-state index in [9.17, 15) is 5.26 Å². The normalized spacial score (nSPS) is 11.6. The predicted molar refractivity (Wildman–Crippen MR) is 149 cm³/mol. The van der Waals surface area contributed by atoms with Crippen molar-refractivity contribution in [2.45, 2.75) is 13.0 Å². The van der Waals surface area contributed by atoms with Gasteiger partial charge >= 0.3 is 0 Å². The third-order valence-electron chi connectivity index (χ3n) is 6.36. The molecule has 0 spiro atoms. The third kappa shape index (κ3) is 5.43. The number of nitriles is 1. The summed E-state index contributed by atoms with van der Waals surface area (Å²) in [5.41, 5.74) is 5.81. The Morgan fingerprint density at radius 3 is 2.76 bits per heavy atom. The number of hydrogen-bond donors (Lipinski definition) is 3. The average molecular weight is 505 g/mol. The van der Waals surface area contributed by atoms with E-state index in [0.29, 0.717) is 35.9 Å². The van der Waals surface area contributed by atoms with Gasteiger partial charge in [-0.25, -0.2) is 0 Å². The molecule has 1 unspecified atom stereocenters. The first-order valence-corrected chi connectivity index (χ1v) is 12.3. The van der Waals surface area contributed by atoms with Crippen molar-refractivity contribution >= 4 is 22.3 Å². The van der Waals surface area contributed by atoms with E-state index in [1.165, 1.54) is 0 Å². The van der Waals surface area contributed by atoms with Crippen LogP contribution in [0.25, 0.3) is 22.0 Å². The lowest BCUT2D eigenvalue weighted by molar-refractivity contribution is 0.288. The Hall–Kier alpha value is -4.87. The molecule has 38 heavy (non-hydrogen) atoms. The molecule has 0 saturated carbocycles. The Labute approximate surface area is 221 Å². The number of benzene rings is 2. The van der Waals surface area contributed by atoms with Crippen LogP contribution in [0.2, 0.25) is 0 Å². The lowest BCUT2D eigenvalue weighted by atomic mass is 10.0. The molecule has 5 rings (SSSR count). The number of nitrogens with zero attached hydrogens (tertiary/aromatic N) is 3. The van der Waals surface area contributed by atoms with Gasteiger partial charge in [-0.15, -0.1) is 0 Å². The Balaban J connectivity index is 1.37. The van der Waals surface area contributed by atoms with Crippen molar-refractivity contribution in [3.63, 3.8) is 0 Å². The topological polar surface area (TPSA) is 108 Å². The number of aromatic nitrogens is 3. The van der Waals surface area contributed by atoms with Crippen molar-refractivity contribution in [2.24, 2.45) is 0 Å². The molecule has 8 heteroatoms. The van der Waals surface area contributed by atoms with Crippen LogP contribution < -0.4 is 20.1 Å². The van der Waals surface area contributed by atoms with Gasteiger partial charge in [0.25, 0.3) is 0 Å². The van der Waals surface area contributed by atoms with Crippen LogP contribution in [0, 0.1) is 11.3 Å². The molecule has 0 radical (unpaired) electrons. The molecule has 3 heterocycles. The zero-order valence-electron chi connectivity index (χ0n) is 21.2. The number of methoxy groups -OCH3 is 1. The molecule has 0 saturated heterocycles. The summed E-state index contributed by atoms with van der Waals surface area (Å²) in [5.74, 6) is 1.24. The second kappa shape index (κ2) is 11.5. The van der Waals surface area contributed by atoms with Crippen LogP contribution in [0.5, 0.6) is 11.5 Å². The maximum Gasteiger partial charge on any atom is 0.161 e. The predicted octanol–water partition coefficient (Wildman–Crippen LogP) is 5.98. The monoisotopic (exact) mass is 504 g/mol. The molecule has 0 fully saturated rings. The van der Waals surface area contributed by atoms with Gasteiger partial charge in [0, 0.05) is 65.7 Å². The van der Waals surface area contributed by atoms with Crippen LogP contribution >= 0.6 is 0 Å². The van der Waals surface area contributed by atoms with Gasteiger partial charge in [-0.2, -0.15) is 5.26 Å². The number of nitrogens with one attached hydrogen (secondary N) is 3. The molecule has 3 N–H and O–H groups in total. The van der Waals surface area contributed by atoms with Crippen LogP contribution in [-0.2, 0) is 0 Å². The molecule has 0 aliphatic carbocycles. The van der Waals surface area contributed by atoms with E-state index in [2.05, 4.69) is 38.6 Å². The summed E-state index contributed by atoms with van der Waals surface area (Å²) < 4.78 is 11.7. The zero-order chi connectivity index (χ0) is 26.3. The first kappa shape index (κ1) is 24.8. The van der Waals surface area contributed by atoms with E-state index >= 15 is 0 Å². The van der Waals surface area contributed by atoms with Crippen LogP contribution in [0.15, 0.2) is 85.6 Å². The van der Waals surface area contributed by atoms with Gasteiger partial charge in [-0.05, 0) is 60.5 Å². The summed E-state index contributed by atoms with van der Waals surface area (Å²) in [7, 11) is 1.62. The summed E-state index contributed by atoms with van der Waals surface area (Å²) >= 11 is 0. The molecule has 5 aromatic rings. The van der Waals surface area contributed by atoms with E-state index in [-0.39, 0.29) is 6.04 Å². The first-order valence-electron chi connectivity index (χ1n) is 12.3. The molecular formula is C30H28N6O2. The highest BCUT2D eigenvalue weighted by atomic mass is 16.5. The van der Waals surface area contributed by atoms with Gasteiger partial charge in [0.2, 0.25) is 0 Å². The fourth-order valence-corrected chi connectivity index (χ4v) is 4.32. The summed E-state index contributed by atoms with van der Waals surface area (Å²) in [6.45, 7) is 3.18. The zero-order valence-corrected chi connectivity index (χ0v) is 21.2. The Kier molecular flexibility index (Phi) is 7.48. The maximum absolute atomic E-state index is 9.82. The minimum absolute atomic E-state index is 0.152. The second-order valence-corrected chi connectivity index (χ2v) is 8.80. The number of rotatable bonds is 10. The standard InChI is InChI=1S/C30H28N6O2/c1-20(23-4-3-10-32-17-23)34-12-13-38-29-15-21(5-8-28(29)37-2)26-19-33-18-24(16-31)30(26)36-25-6-7-27-22(14-25)9-11-35-27/h3-11,14-15,17-20,34-35H,12-13H2,1-2H3,(H,33,36). The second-order valence-electron chi connectivity index (χ2n) is 8.80. The quantitative estimate of drug-likeness (QED) is 0.201. The molecule has 1 atom stereocenters. The summed E-state index contributed by atoms with van der Waals surface area (Å²) in [6.07, 6.45) is 8.84. The number of H-pyrrole nitrogens is 1. The molecule has 2 aromatic carbocycles. The van der Waals surface area contributed by atoms with Gasteiger partial charge in [0.05, 0.1) is 18.4 Å². The molecule has 0 aliphatic rings. The van der Waals surface area contributed by atoms with Crippen molar-refractivity contribution in [3.8, 4) is 28.7 Å². The van der Waals surface area contributed by atoms with Crippen molar-refractivity contribution in [3.05, 3.63) is 96.7 Å². The van der Waals surface area contributed by atoms with E-state index < -0.39 is 0 Å². The average Bonchev–Trinajstić information content (AvgIpc) is 3.44. The third-order valence-corrected chi connectivity index (χ3v) is 6.36. The van der Waals surface area contributed by atoms with E-state index in [1.807, 2.05) is 67.0 Å². The van der Waals surface area contributed by atoms with Crippen LogP contribution in [-0.4, -0.2) is 35.2 Å². The molecule has 190 valence electrons. The highest BCUT2D eigenvalue weighted by Gasteiger charge is 2.15. The highest BCUT2D eigenvalue weighted by molar-refractivity contribution is 5.88. The van der Waals surface area contributed by atoms with Crippen LogP contribution in [0.1, 0.15) is 24.1 Å². The lowest BCUT2D eigenvalue weighted by Crippen LogP contribution is -2.24. The number of hydrogen-bond acceptors (Lipinski definition) is 7. The first-order chi connectivity index (χ1) is 18.7. The SMILES string of the molecule is COc1ccc(-c2cncc(C#N)c2Nc2ccc3[nH]ccc3c2)cc1OCCNC(C)c1cccnc1. The Bertz CT molecular complexity index is 1580. The molecule has 8 nitrogen and oxygen atoms in total. The fraction of sp³-hybridized carbons (Fsp3) is 0.167. The van der Waals surface area contributed by atoms with Crippen molar-refractivity contribution < 1.29 is 9.47 Å². The van der Waals surface area contributed by atoms with E-state index in [1.54, 1.807) is 25.7 Å². The molecule has 0 bridgehead atoms. The largest absolute Gasteiger partial charge is 0.493 e. The number of anilines is 2. The number of fused-ring (bicyclic) bond motifs is 1. The molecular weight excluding hydrogens is 476 g/mol. The van der Waals surface area contributed by atoms with E-state index in [4.69, 9.17) is 9.47 Å². The number of aromatic amines is 1. The van der Waals surface area contributed by atoms with Crippen LogP contribution in [0.3, 0.4) is 0 Å². The van der Waals surface area contributed by atoms with Crippen LogP contribution in [0.4, 0.5) is 11.4 Å². The minimum Gasteiger partial charge on any atom is -0.493 e. The molecule has 3 aromatic heterocycles. The van der Waals surface area contributed by atoms with Gasteiger partial charge in [-0.1, -0.05) is 12.1 Å². The smallest absolute Gasteiger partial charge is 0.161 e. The summed E-state index contributed by atoms with van der Waals surface area (Å²) in [4.78, 5) is 11.7. The Morgan fingerprint density at radius 1 is 1.03 bits per heavy atom. The number of ether oxygens (including phenoxy) is 2. The summed E-state index contributed by atoms with van der Waals surface area (Å²) in [6, 6.07) is 20.1.